The largest absolute Gasteiger partial charge is 0.206 e. The Labute approximate surface area is 103 Å². The quantitative estimate of drug-likeness (QED) is 0.807. The van der Waals surface area contributed by atoms with Crippen molar-refractivity contribution in [3.05, 3.63) is 28.7 Å². The predicted molar refractivity (Wildman–Crippen MR) is 65.9 cm³/mol. The summed E-state index contributed by atoms with van der Waals surface area (Å²) >= 11 is 3.48. The lowest BCUT2D eigenvalue weighted by atomic mass is 10.1. The summed E-state index contributed by atoms with van der Waals surface area (Å²) in [6, 6.07) is 7.85. The maximum absolute atomic E-state index is 4.38. The van der Waals surface area contributed by atoms with Gasteiger partial charge in [-0.05, 0) is 38.1 Å². The van der Waals surface area contributed by atoms with Crippen molar-refractivity contribution < 1.29 is 0 Å². The Balaban J connectivity index is 2.44. The maximum atomic E-state index is 4.38. The minimum atomic E-state index is -0.146. The summed E-state index contributed by atoms with van der Waals surface area (Å²) in [5.74, 6) is 0.641. The average molecular weight is 281 g/mol. The molecule has 16 heavy (non-hydrogen) atoms. The zero-order valence-electron chi connectivity index (χ0n) is 9.48. The van der Waals surface area contributed by atoms with Crippen molar-refractivity contribution in [2.24, 2.45) is 0 Å². The van der Waals surface area contributed by atoms with E-state index in [2.05, 4.69) is 31.3 Å². The second kappa shape index (κ2) is 3.97. The third-order valence-electron chi connectivity index (χ3n) is 2.13. The first-order chi connectivity index (χ1) is 7.48. The molecule has 1 heterocycles. The van der Waals surface area contributed by atoms with Gasteiger partial charge in [-0.25, -0.2) is 0 Å². The standard InChI is InChI=1S/C11H13BrN4/c1-11(2,3)16-14-10(13-15-16)8-6-4-5-7-9(8)12/h4-7H,1-3H3. The van der Waals surface area contributed by atoms with Crippen LogP contribution in [0.5, 0.6) is 0 Å². The summed E-state index contributed by atoms with van der Waals surface area (Å²) in [5, 5.41) is 12.5. The highest BCUT2D eigenvalue weighted by Crippen LogP contribution is 2.24. The van der Waals surface area contributed by atoms with E-state index < -0.39 is 0 Å². The SMILES string of the molecule is CC(C)(C)n1nnc(-c2ccccc2Br)n1. The molecule has 0 radical (unpaired) electrons. The van der Waals surface area contributed by atoms with E-state index in [9.17, 15) is 0 Å². The van der Waals surface area contributed by atoms with Crippen molar-refractivity contribution in [1.29, 1.82) is 0 Å². The van der Waals surface area contributed by atoms with Crippen LogP contribution in [0.3, 0.4) is 0 Å². The van der Waals surface area contributed by atoms with Gasteiger partial charge in [-0.1, -0.05) is 28.1 Å². The molecule has 0 unspecified atom stereocenters. The van der Waals surface area contributed by atoms with Gasteiger partial charge >= 0.3 is 0 Å². The highest BCUT2D eigenvalue weighted by atomic mass is 79.9. The molecule has 0 amide bonds. The topological polar surface area (TPSA) is 43.6 Å². The molecule has 0 N–H and O–H groups in total. The molecular formula is C11H13BrN4. The van der Waals surface area contributed by atoms with Crippen molar-refractivity contribution in [3.63, 3.8) is 0 Å². The van der Waals surface area contributed by atoms with E-state index in [0.29, 0.717) is 5.82 Å². The fourth-order valence-corrected chi connectivity index (χ4v) is 1.71. The fourth-order valence-electron chi connectivity index (χ4n) is 1.25. The molecule has 4 nitrogen and oxygen atoms in total. The average Bonchev–Trinajstić information content (AvgIpc) is 2.66. The first-order valence-electron chi connectivity index (χ1n) is 5.04. The van der Waals surface area contributed by atoms with E-state index in [-0.39, 0.29) is 5.54 Å². The smallest absolute Gasteiger partial charge is 0.158 e. The summed E-state index contributed by atoms with van der Waals surface area (Å²) < 4.78 is 0.975. The van der Waals surface area contributed by atoms with E-state index in [1.54, 1.807) is 4.80 Å². The Morgan fingerprint density at radius 1 is 1.19 bits per heavy atom. The molecule has 0 aliphatic carbocycles. The number of hydrogen-bond acceptors (Lipinski definition) is 3. The van der Waals surface area contributed by atoms with Crippen LogP contribution >= 0.6 is 15.9 Å². The van der Waals surface area contributed by atoms with E-state index in [1.165, 1.54) is 0 Å². The minimum absolute atomic E-state index is 0.146. The Hall–Kier alpha value is -1.23. The number of aromatic nitrogens is 4. The van der Waals surface area contributed by atoms with E-state index in [4.69, 9.17) is 0 Å². The number of hydrogen-bond donors (Lipinski definition) is 0. The first-order valence-corrected chi connectivity index (χ1v) is 5.83. The highest BCUT2D eigenvalue weighted by Gasteiger charge is 2.18. The van der Waals surface area contributed by atoms with Crippen LogP contribution in [0.4, 0.5) is 0 Å². The maximum Gasteiger partial charge on any atom is 0.206 e. The van der Waals surface area contributed by atoms with Crippen LogP contribution in [-0.2, 0) is 5.54 Å². The van der Waals surface area contributed by atoms with E-state index in [1.807, 2.05) is 45.0 Å². The predicted octanol–water partition coefficient (Wildman–Crippen LogP) is 2.86. The van der Waals surface area contributed by atoms with E-state index in [0.717, 1.165) is 10.0 Å². The molecule has 0 saturated carbocycles. The lowest BCUT2D eigenvalue weighted by Gasteiger charge is -2.15. The molecule has 2 rings (SSSR count). The Bertz CT molecular complexity index is 499. The summed E-state index contributed by atoms with van der Waals surface area (Å²) in [6.07, 6.45) is 0. The molecule has 0 saturated heterocycles. The number of halogens is 1. The van der Waals surface area contributed by atoms with Crippen LogP contribution in [0, 0.1) is 0 Å². The molecule has 84 valence electrons. The van der Waals surface area contributed by atoms with Crippen molar-refractivity contribution in [3.8, 4) is 11.4 Å². The fraction of sp³-hybridized carbons (Fsp3) is 0.364. The van der Waals surface area contributed by atoms with Crippen LogP contribution < -0.4 is 0 Å². The number of tetrazole rings is 1. The second-order valence-electron chi connectivity index (χ2n) is 4.55. The van der Waals surface area contributed by atoms with Gasteiger partial charge in [0.2, 0.25) is 5.82 Å². The molecule has 1 aromatic heterocycles. The lowest BCUT2D eigenvalue weighted by Crippen LogP contribution is -2.24. The van der Waals surface area contributed by atoms with Gasteiger partial charge in [-0.2, -0.15) is 4.80 Å². The molecule has 0 aliphatic heterocycles. The molecule has 0 spiro atoms. The second-order valence-corrected chi connectivity index (χ2v) is 5.41. The summed E-state index contributed by atoms with van der Waals surface area (Å²) in [7, 11) is 0. The molecule has 1 aromatic carbocycles. The molecular weight excluding hydrogens is 268 g/mol. The number of nitrogens with zero attached hydrogens (tertiary/aromatic N) is 4. The molecule has 0 bridgehead atoms. The van der Waals surface area contributed by atoms with Crippen LogP contribution in [0.1, 0.15) is 20.8 Å². The Morgan fingerprint density at radius 3 is 2.44 bits per heavy atom. The van der Waals surface area contributed by atoms with Crippen molar-refractivity contribution in [2.45, 2.75) is 26.3 Å². The van der Waals surface area contributed by atoms with Crippen molar-refractivity contribution in [2.75, 3.05) is 0 Å². The summed E-state index contributed by atoms with van der Waals surface area (Å²) in [6.45, 7) is 6.12. The summed E-state index contributed by atoms with van der Waals surface area (Å²) in [5.41, 5.74) is 0.810. The van der Waals surface area contributed by atoms with Gasteiger partial charge in [0.15, 0.2) is 0 Å². The van der Waals surface area contributed by atoms with Gasteiger partial charge in [0, 0.05) is 10.0 Å². The molecule has 2 aromatic rings. The van der Waals surface area contributed by atoms with Crippen LogP contribution in [-0.4, -0.2) is 20.2 Å². The van der Waals surface area contributed by atoms with Crippen molar-refractivity contribution >= 4 is 15.9 Å². The van der Waals surface area contributed by atoms with Gasteiger partial charge in [-0.3, -0.25) is 0 Å². The van der Waals surface area contributed by atoms with Gasteiger partial charge < -0.3 is 0 Å². The minimum Gasteiger partial charge on any atom is -0.158 e. The molecule has 0 atom stereocenters. The van der Waals surface area contributed by atoms with Gasteiger partial charge in [0.1, 0.15) is 0 Å². The van der Waals surface area contributed by atoms with E-state index >= 15 is 0 Å². The highest BCUT2D eigenvalue weighted by molar-refractivity contribution is 9.10. The van der Waals surface area contributed by atoms with Crippen LogP contribution in [0.2, 0.25) is 0 Å². The van der Waals surface area contributed by atoms with Gasteiger partial charge in [0.05, 0.1) is 5.54 Å². The van der Waals surface area contributed by atoms with Crippen LogP contribution in [0.25, 0.3) is 11.4 Å². The molecule has 0 aliphatic rings. The number of benzene rings is 1. The van der Waals surface area contributed by atoms with Crippen molar-refractivity contribution in [1.82, 2.24) is 20.2 Å². The zero-order valence-corrected chi connectivity index (χ0v) is 11.1. The third-order valence-corrected chi connectivity index (χ3v) is 2.82. The van der Waals surface area contributed by atoms with Crippen LogP contribution in [0.15, 0.2) is 28.7 Å². The zero-order chi connectivity index (χ0) is 11.8. The Morgan fingerprint density at radius 2 is 1.88 bits per heavy atom. The Kier molecular flexibility index (Phi) is 2.80. The normalized spacial score (nSPS) is 11.8. The van der Waals surface area contributed by atoms with Gasteiger partial charge in [0.25, 0.3) is 0 Å². The van der Waals surface area contributed by atoms with Gasteiger partial charge in [-0.15, -0.1) is 10.2 Å². The number of rotatable bonds is 1. The molecule has 5 heteroatoms. The monoisotopic (exact) mass is 280 g/mol. The third kappa shape index (κ3) is 2.14. The lowest BCUT2D eigenvalue weighted by molar-refractivity contribution is 0.306. The molecule has 0 fully saturated rings. The summed E-state index contributed by atoms with van der Waals surface area (Å²) in [4.78, 5) is 1.63. The first kappa shape index (κ1) is 11.3.